The number of aryl methyl sites for hydroxylation is 1. The van der Waals surface area contributed by atoms with Crippen LogP contribution >= 0.6 is 0 Å². The van der Waals surface area contributed by atoms with Crippen LogP contribution in [-0.2, 0) is 13.0 Å². The van der Waals surface area contributed by atoms with E-state index in [0.29, 0.717) is 0 Å². The molecule has 1 aliphatic rings. The Morgan fingerprint density at radius 1 is 1.31 bits per heavy atom. The molecule has 1 fully saturated rings. The number of hydrogen-bond acceptors (Lipinski definition) is 2. The summed E-state index contributed by atoms with van der Waals surface area (Å²) >= 11 is 0. The first kappa shape index (κ1) is 11.6. The van der Waals surface area contributed by atoms with E-state index >= 15 is 0 Å². The summed E-state index contributed by atoms with van der Waals surface area (Å²) in [5.74, 6) is 0.833. The Hall–Kier alpha value is -0.830. The van der Waals surface area contributed by atoms with Crippen molar-refractivity contribution >= 4 is 0 Å². The molecule has 0 saturated heterocycles. The molecule has 1 heterocycles. The van der Waals surface area contributed by atoms with E-state index in [-0.39, 0.29) is 6.61 Å². The summed E-state index contributed by atoms with van der Waals surface area (Å²) in [5.41, 5.74) is 1.25. The third-order valence-electron chi connectivity index (χ3n) is 3.48. The van der Waals surface area contributed by atoms with E-state index < -0.39 is 0 Å². The van der Waals surface area contributed by atoms with Gasteiger partial charge in [-0.15, -0.1) is 0 Å². The van der Waals surface area contributed by atoms with Crippen LogP contribution in [0, 0.1) is 5.92 Å². The summed E-state index contributed by atoms with van der Waals surface area (Å²) in [6, 6.07) is 0. The minimum Gasteiger partial charge on any atom is -0.396 e. The van der Waals surface area contributed by atoms with Crippen LogP contribution in [0.3, 0.4) is 0 Å². The number of aromatic nitrogens is 2. The van der Waals surface area contributed by atoms with Gasteiger partial charge >= 0.3 is 0 Å². The molecule has 0 amide bonds. The molecule has 0 aliphatic heterocycles. The van der Waals surface area contributed by atoms with E-state index in [2.05, 4.69) is 16.0 Å². The van der Waals surface area contributed by atoms with Crippen molar-refractivity contribution in [3.05, 3.63) is 18.0 Å². The van der Waals surface area contributed by atoms with E-state index in [4.69, 9.17) is 5.11 Å². The van der Waals surface area contributed by atoms with Crippen molar-refractivity contribution in [3.8, 4) is 0 Å². The summed E-state index contributed by atoms with van der Waals surface area (Å²) in [7, 11) is 0. The van der Waals surface area contributed by atoms with Crippen molar-refractivity contribution in [2.45, 2.75) is 51.5 Å². The highest BCUT2D eigenvalue weighted by molar-refractivity contribution is 5.03. The Morgan fingerprint density at radius 3 is 2.88 bits per heavy atom. The Kier molecular flexibility index (Phi) is 4.40. The third kappa shape index (κ3) is 3.34. The fourth-order valence-electron chi connectivity index (χ4n) is 2.55. The van der Waals surface area contributed by atoms with Crippen molar-refractivity contribution in [3.63, 3.8) is 0 Å². The average Bonchev–Trinajstić information content (AvgIpc) is 2.75. The second-order valence-corrected chi connectivity index (χ2v) is 4.90. The van der Waals surface area contributed by atoms with E-state index in [1.807, 2.05) is 6.20 Å². The zero-order valence-electron chi connectivity index (χ0n) is 9.94. The van der Waals surface area contributed by atoms with Gasteiger partial charge in [-0.05, 0) is 37.2 Å². The largest absolute Gasteiger partial charge is 0.396 e. The topological polar surface area (TPSA) is 38.1 Å². The van der Waals surface area contributed by atoms with Gasteiger partial charge < -0.3 is 5.11 Å². The van der Waals surface area contributed by atoms with Crippen LogP contribution in [0.1, 0.15) is 44.1 Å². The molecule has 0 unspecified atom stereocenters. The van der Waals surface area contributed by atoms with E-state index in [0.717, 1.165) is 25.3 Å². The number of hydrogen-bond donors (Lipinski definition) is 1. The van der Waals surface area contributed by atoms with Crippen LogP contribution in [0.2, 0.25) is 0 Å². The fraction of sp³-hybridized carbons (Fsp3) is 0.769. The predicted octanol–water partition coefficient (Wildman–Crippen LogP) is 2.39. The second kappa shape index (κ2) is 6.04. The summed E-state index contributed by atoms with van der Waals surface area (Å²) in [6.45, 7) is 1.35. The zero-order valence-corrected chi connectivity index (χ0v) is 9.94. The molecule has 3 heteroatoms. The second-order valence-electron chi connectivity index (χ2n) is 4.90. The molecule has 16 heavy (non-hydrogen) atoms. The Balaban J connectivity index is 1.81. The number of aliphatic hydroxyl groups is 1. The lowest BCUT2D eigenvalue weighted by Gasteiger charge is -2.21. The van der Waals surface area contributed by atoms with Gasteiger partial charge in [0.1, 0.15) is 0 Å². The van der Waals surface area contributed by atoms with Gasteiger partial charge in [0.2, 0.25) is 0 Å². The maximum Gasteiger partial charge on any atom is 0.0521 e. The standard InChI is InChI=1S/C13H22N2O/c16-8-4-7-13-9-14-15(11-13)10-12-5-2-1-3-6-12/h9,11-12,16H,1-8,10H2. The minimum absolute atomic E-state index is 0.272. The monoisotopic (exact) mass is 222 g/mol. The van der Waals surface area contributed by atoms with Crippen LogP contribution in [0.4, 0.5) is 0 Å². The highest BCUT2D eigenvalue weighted by atomic mass is 16.2. The van der Waals surface area contributed by atoms with E-state index in [9.17, 15) is 0 Å². The zero-order chi connectivity index (χ0) is 11.2. The van der Waals surface area contributed by atoms with Gasteiger partial charge in [0, 0.05) is 19.3 Å². The Morgan fingerprint density at radius 2 is 2.12 bits per heavy atom. The lowest BCUT2D eigenvalue weighted by Crippen LogP contribution is -2.14. The molecule has 2 rings (SSSR count). The molecule has 0 radical (unpaired) electrons. The minimum atomic E-state index is 0.272. The van der Waals surface area contributed by atoms with Crippen LogP contribution < -0.4 is 0 Å². The highest BCUT2D eigenvalue weighted by Crippen LogP contribution is 2.24. The van der Waals surface area contributed by atoms with Crippen molar-refractivity contribution < 1.29 is 5.11 Å². The van der Waals surface area contributed by atoms with Gasteiger partial charge in [0.25, 0.3) is 0 Å². The lowest BCUT2D eigenvalue weighted by atomic mass is 9.89. The molecule has 90 valence electrons. The van der Waals surface area contributed by atoms with Gasteiger partial charge in [-0.1, -0.05) is 19.3 Å². The van der Waals surface area contributed by atoms with Crippen molar-refractivity contribution in [2.24, 2.45) is 5.92 Å². The van der Waals surface area contributed by atoms with Crippen molar-refractivity contribution in [2.75, 3.05) is 6.61 Å². The molecule has 1 N–H and O–H groups in total. The molecule has 1 aromatic rings. The molecule has 0 spiro atoms. The first-order valence-corrected chi connectivity index (χ1v) is 6.50. The van der Waals surface area contributed by atoms with Gasteiger partial charge in [-0.2, -0.15) is 5.10 Å². The summed E-state index contributed by atoms with van der Waals surface area (Å²) in [5, 5.41) is 13.2. The van der Waals surface area contributed by atoms with Gasteiger partial charge in [-0.3, -0.25) is 4.68 Å². The molecule has 0 bridgehead atoms. The number of rotatable bonds is 5. The molecule has 1 saturated carbocycles. The third-order valence-corrected chi connectivity index (χ3v) is 3.48. The predicted molar refractivity (Wildman–Crippen MR) is 64.2 cm³/mol. The van der Waals surface area contributed by atoms with Crippen LogP contribution in [-0.4, -0.2) is 21.5 Å². The van der Waals surface area contributed by atoms with Crippen molar-refractivity contribution in [1.82, 2.24) is 9.78 Å². The first-order valence-electron chi connectivity index (χ1n) is 6.50. The maximum absolute atomic E-state index is 8.77. The molecule has 0 atom stereocenters. The maximum atomic E-state index is 8.77. The fourth-order valence-corrected chi connectivity index (χ4v) is 2.55. The average molecular weight is 222 g/mol. The van der Waals surface area contributed by atoms with E-state index in [1.165, 1.54) is 37.7 Å². The SMILES string of the molecule is OCCCc1cnn(CC2CCCCC2)c1. The summed E-state index contributed by atoms with van der Waals surface area (Å²) < 4.78 is 2.09. The molecule has 1 aromatic heterocycles. The highest BCUT2D eigenvalue weighted by Gasteiger charge is 2.14. The number of nitrogens with zero attached hydrogens (tertiary/aromatic N) is 2. The van der Waals surface area contributed by atoms with Gasteiger partial charge in [0.15, 0.2) is 0 Å². The Bertz CT molecular complexity index is 303. The summed E-state index contributed by atoms with van der Waals surface area (Å²) in [6.07, 6.45) is 12.8. The van der Waals surface area contributed by atoms with Gasteiger partial charge in [0.05, 0.1) is 6.20 Å². The van der Waals surface area contributed by atoms with Gasteiger partial charge in [-0.25, -0.2) is 0 Å². The Labute approximate surface area is 97.5 Å². The lowest BCUT2D eigenvalue weighted by molar-refractivity contribution is 0.288. The van der Waals surface area contributed by atoms with E-state index in [1.54, 1.807) is 0 Å². The van der Waals surface area contributed by atoms with Crippen molar-refractivity contribution in [1.29, 1.82) is 0 Å². The smallest absolute Gasteiger partial charge is 0.0521 e. The van der Waals surface area contributed by atoms with Crippen LogP contribution in [0.5, 0.6) is 0 Å². The van der Waals surface area contributed by atoms with Crippen LogP contribution in [0.25, 0.3) is 0 Å². The quantitative estimate of drug-likeness (QED) is 0.830. The normalized spacial score (nSPS) is 17.8. The molecular weight excluding hydrogens is 200 g/mol. The molecule has 0 aromatic carbocycles. The molecular formula is C13H22N2O. The number of aliphatic hydroxyl groups excluding tert-OH is 1. The first-order chi connectivity index (χ1) is 7.88. The molecule has 3 nitrogen and oxygen atoms in total. The van der Waals surface area contributed by atoms with Crippen LogP contribution in [0.15, 0.2) is 12.4 Å². The summed E-state index contributed by atoms with van der Waals surface area (Å²) in [4.78, 5) is 0. The molecule has 1 aliphatic carbocycles.